The first kappa shape index (κ1) is 43.6. The highest BCUT2D eigenvalue weighted by Crippen LogP contribution is 2.52. The summed E-state index contributed by atoms with van der Waals surface area (Å²) < 4.78 is 8.99. The Morgan fingerprint density at radius 2 is 0.592 bits per heavy atom. The maximum atomic E-state index is 12.6. The van der Waals surface area contributed by atoms with Crippen molar-refractivity contribution in [3.63, 3.8) is 0 Å². The predicted octanol–water partition coefficient (Wildman–Crippen LogP) is 15.1. The van der Waals surface area contributed by atoms with E-state index in [9.17, 15) is 26.3 Å². The Morgan fingerprint density at radius 3 is 0.921 bits per heavy atom. The summed E-state index contributed by atoms with van der Waals surface area (Å²) in [5, 5.41) is 61.3. The first-order valence-corrected chi connectivity index (χ1v) is 24.7. The quantitative estimate of drug-likeness (QED) is 0.167. The van der Waals surface area contributed by atoms with Crippen LogP contribution in [-0.4, -0.2) is 23.3 Å². The van der Waals surface area contributed by atoms with Gasteiger partial charge in [0.2, 0.25) is 0 Å². The average molecular weight is 969 g/mol. The highest BCUT2D eigenvalue weighted by atomic mass is 15.1. The molecule has 5 heterocycles. The van der Waals surface area contributed by atoms with E-state index in [0.717, 1.165) is 104 Å². The van der Waals surface area contributed by atoms with Gasteiger partial charge in [0, 0.05) is 60.0 Å². The molecular weight excluding hydrogens is 933 g/mol. The van der Waals surface area contributed by atoms with Crippen LogP contribution < -0.4 is 0 Å². The number of nitrogens with zero attached hydrogens (tertiary/aromatic N) is 10. The molecule has 0 spiro atoms. The van der Waals surface area contributed by atoms with Gasteiger partial charge in [-0.1, -0.05) is 72.8 Å². The summed E-state index contributed by atoms with van der Waals surface area (Å²) in [7, 11) is 0. The molecule has 10 heteroatoms. The summed E-state index contributed by atoms with van der Waals surface area (Å²) >= 11 is 0. The number of aromatic nitrogens is 5. The molecule has 0 aliphatic heterocycles. The van der Waals surface area contributed by atoms with Gasteiger partial charge in [0.25, 0.3) is 0 Å². The molecule has 76 heavy (non-hydrogen) atoms. The van der Waals surface area contributed by atoms with E-state index in [1.54, 1.807) is 0 Å². The van der Waals surface area contributed by atoms with Crippen LogP contribution in [0.3, 0.4) is 0 Å². The molecule has 0 radical (unpaired) electrons. The van der Waals surface area contributed by atoms with Gasteiger partial charge in [0.1, 0.15) is 6.07 Å². The minimum atomic E-state index is 0.359. The van der Waals surface area contributed by atoms with Crippen LogP contribution in [0.15, 0.2) is 182 Å². The topological polar surface area (TPSA) is 152 Å². The van der Waals surface area contributed by atoms with Crippen LogP contribution in [0.25, 0.3) is 121 Å². The Hall–Kier alpha value is -11.2. The van der Waals surface area contributed by atoms with Crippen LogP contribution in [0.2, 0.25) is 0 Å². The van der Waals surface area contributed by atoms with Gasteiger partial charge in [0.05, 0.1) is 119 Å². The van der Waals surface area contributed by atoms with E-state index < -0.39 is 0 Å². The molecule has 10 nitrogen and oxygen atoms in total. The van der Waals surface area contributed by atoms with Crippen LogP contribution in [0.1, 0.15) is 39.2 Å². The average Bonchev–Trinajstić information content (AvgIpc) is 4.28. The minimum absolute atomic E-state index is 0.359. The van der Waals surface area contributed by atoms with Crippen molar-refractivity contribution in [1.29, 1.82) is 26.3 Å². The Balaban J connectivity index is 1.38. The van der Waals surface area contributed by atoms with Gasteiger partial charge in [-0.3, -0.25) is 4.98 Å². The van der Waals surface area contributed by atoms with Crippen molar-refractivity contribution in [1.82, 2.24) is 23.3 Å². The molecule has 9 aromatic carbocycles. The van der Waals surface area contributed by atoms with Crippen LogP contribution in [0, 0.1) is 70.5 Å². The van der Waals surface area contributed by atoms with Crippen LogP contribution in [0.5, 0.6) is 0 Å². The molecule has 14 rings (SSSR count). The van der Waals surface area contributed by atoms with Gasteiger partial charge in [-0.25, -0.2) is 0 Å². The van der Waals surface area contributed by atoms with Gasteiger partial charge >= 0.3 is 0 Å². The van der Waals surface area contributed by atoms with Gasteiger partial charge in [-0.15, -0.1) is 0 Å². The number of nitriles is 5. The molecular formula is C66H36N10. The zero-order valence-corrected chi connectivity index (χ0v) is 40.8. The van der Waals surface area contributed by atoms with Crippen molar-refractivity contribution in [3.8, 4) is 64.2 Å². The summed E-state index contributed by atoms with van der Waals surface area (Å²) in [6.07, 6.45) is 0. The van der Waals surface area contributed by atoms with Gasteiger partial charge in [0.15, 0.2) is 0 Å². The predicted molar refractivity (Wildman–Crippen MR) is 300 cm³/mol. The number of para-hydroxylation sites is 4. The molecule has 0 atom stereocenters. The molecule has 0 aliphatic rings. The monoisotopic (exact) mass is 968 g/mol. The molecule has 0 bridgehead atoms. The van der Waals surface area contributed by atoms with Gasteiger partial charge in [-0.05, 0) is 129 Å². The Morgan fingerprint density at radius 1 is 0.303 bits per heavy atom. The second kappa shape index (κ2) is 16.4. The highest BCUT2D eigenvalue weighted by Gasteiger charge is 2.35. The normalized spacial score (nSPS) is 11.5. The molecule has 0 N–H and O–H groups in total. The summed E-state index contributed by atoms with van der Waals surface area (Å²) in [4.78, 5) is 4.90. The highest BCUT2D eigenvalue weighted by molar-refractivity contribution is 6.17. The molecule has 0 fully saturated rings. The number of hydrogen-bond acceptors (Lipinski definition) is 6. The lowest BCUT2D eigenvalue weighted by atomic mass is 9.92. The molecule has 0 saturated carbocycles. The number of fused-ring (bicyclic) bond motifs is 12. The van der Waals surface area contributed by atoms with Crippen molar-refractivity contribution in [2.45, 2.75) is 13.8 Å². The minimum Gasteiger partial charge on any atom is -0.306 e. The van der Waals surface area contributed by atoms with E-state index in [4.69, 9.17) is 4.98 Å². The second-order valence-corrected chi connectivity index (χ2v) is 19.2. The van der Waals surface area contributed by atoms with Crippen molar-refractivity contribution in [3.05, 3.63) is 221 Å². The van der Waals surface area contributed by atoms with E-state index in [2.05, 4.69) is 97.1 Å². The van der Waals surface area contributed by atoms with Crippen molar-refractivity contribution in [2.75, 3.05) is 0 Å². The van der Waals surface area contributed by atoms with E-state index >= 15 is 0 Å². The van der Waals surface area contributed by atoms with Gasteiger partial charge < -0.3 is 18.3 Å². The van der Waals surface area contributed by atoms with E-state index in [1.807, 2.05) is 147 Å². The standard InChI is InChI=1S/C66H36N10/c1-38-27-44(28-39(2)72-38)62-53(37-71)63(73-54-15-7-3-11-45(54)49-29-40(33-67)19-23-58(49)73)65(75-56-17-9-5-13-47(56)51-31-42(35-69)21-25-60(51)75)66(76-57-18-10-6-14-48(57)52-32-43(36-70)22-26-61(52)76)64(62)74-55-16-8-4-12-46(55)50-30-41(34-68)20-24-59(50)74/h3-32H,1-2H3. The Kier molecular flexibility index (Phi) is 9.40. The second-order valence-electron chi connectivity index (χ2n) is 19.2. The maximum absolute atomic E-state index is 12.6. The fraction of sp³-hybridized carbons (Fsp3) is 0.0303. The zero-order chi connectivity index (χ0) is 51.5. The molecule has 0 amide bonds. The molecule has 0 aliphatic carbocycles. The van der Waals surface area contributed by atoms with Crippen molar-refractivity contribution < 1.29 is 0 Å². The molecule has 5 aromatic heterocycles. The molecule has 14 aromatic rings. The first-order chi connectivity index (χ1) is 37.3. The maximum Gasteiger partial charge on any atom is 0.102 e. The third-order valence-corrected chi connectivity index (χ3v) is 15.0. The zero-order valence-electron chi connectivity index (χ0n) is 40.8. The lowest BCUT2D eigenvalue weighted by molar-refractivity contribution is 1.02. The van der Waals surface area contributed by atoms with Crippen molar-refractivity contribution in [2.24, 2.45) is 0 Å². The fourth-order valence-electron chi connectivity index (χ4n) is 12.1. The number of hydrogen-bond donors (Lipinski definition) is 0. The van der Waals surface area contributed by atoms with Crippen LogP contribution >= 0.6 is 0 Å². The smallest absolute Gasteiger partial charge is 0.102 e. The number of benzene rings is 9. The summed E-state index contributed by atoms with van der Waals surface area (Å²) in [5.74, 6) is 0. The van der Waals surface area contributed by atoms with Gasteiger partial charge in [-0.2, -0.15) is 26.3 Å². The number of pyridine rings is 1. The molecule has 0 saturated heterocycles. The Labute approximate surface area is 434 Å². The number of rotatable bonds is 5. The van der Waals surface area contributed by atoms with E-state index in [0.29, 0.717) is 56.1 Å². The summed E-state index contributed by atoms with van der Waals surface area (Å²) in [6.45, 7) is 3.94. The summed E-state index contributed by atoms with van der Waals surface area (Å²) in [6, 6.07) is 72.3. The molecule has 350 valence electrons. The Bertz CT molecular complexity index is 5130. The van der Waals surface area contributed by atoms with Crippen molar-refractivity contribution >= 4 is 87.2 Å². The fourth-order valence-corrected chi connectivity index (χ4v) is 12.1. The molecule has 0 unspecified atom stereocenters. The first-order valence-electron chi connectivity index (χ1n) is 24.7. The van der Waals surface area contributed by atoms with Crippen LogP contribution in [0.4, 0.5) is 0 Å². The SMILES string of the molecule is Cc1cc(-c2c(C#N)c(-n3c4ccccc4c4cc(C#N)ccc43)c(-n3c4ccccc4c4cc(C#N)ccc43)c(-n3c4ccccc4c4cc(C#N)ccc43)c2-n2c3ccccc3c3cc(C#N)ccc32)cc(C)n1. The van der Waals surface area contributed by atoms with Crippen LogP contribution in [-0.2, 0) is 0 Å². The van der Waals surface area contributed by atoms with E-state index in [-0.39, 0.29) is 0 Å². The lowest BCUT2D eigenvalue weighted by Crippen LogP contribution is -2.17. The third kappa shape index (κ3) is 6.06. The lowest BCUT2D eigenvalue weighted by Gasteiger charge is -2.29. The summed E-state index contributed by atoms with van der Waals surface area (Å²) in [5.41, 5.74) is 14.4. The number of aryl methyl sites for hydroxylation is 2. The largest absolute Gasteiger partial charge is 0.306 e. The third-order valence-electron chi connectivity index (χ3n) is 15.0. The van der Waals surface area contributed by atoms with E-state index in [1.165, 1.54) is 0 Å².